The molecule has 0 aliphatic carbocycles. The summed E-state index contributed by atoms with van der Waals surface area (Å²) in [5.41, 5.74) is -0.590. The predicted octanol–water partition coefficient (Wildman–Crippen LogP) is 4.99. The number of alkyl halides is 3. The largest absolute Gasteiger partial charge is 0.439 e. The van der Waals surface area contributed by atoms with Gasteiger partial charge in [-0.2, -0.15) is 13.2 Å². The number of benzene rings is 1. The molecule has 1 heterocycles. The number of halogens is 5. The molecule has 2 aromatic rings. The summed E-state index contributed by atoms with van der Waals surface area (Å²) in [7, 11) is 0. The molecule has 0 amide bonds. The normalized spacial score (nSPS) is 11.5. The molecule has 0 spiro atoms. The highest BCUT2D eigenvalue weighted by molar-refractivity contribution is 6.29. The van der Waals surface area contributed by atoms with Crippen molar-refractivity contribution in [3.05, 3.63) is 52.4 Å². The van der Waals surface area contributed by atoms with Crippen LogP contribution in [0.2, 0.25) is 5.15 Å². The first-order chi connectivity index (χ1) is 9.25. The van der Waals surface area contributed by atoms with E-state index in [1.807, 2.05) is 0 Å². The van der Waals surface area contributed by atoms with Crippen LogP contribution in [-0.4, -0.2) is 4.98 Å². The highest BCUT2D eigenvalue weighted by Crippen LogP contribution is 2.33. The smallest absolute Gasteiger partial charge is 0.416 e. The van der Waals surface area contributed by atoms with Gasteiger partial charge in [-0.15, -0.1) is 0 Å². The Balaban J connectivity index is 2.33. The highest BCUT2D eigenvalue weighted by Gasteiger charge is 2.31. The summed E-state index contributed by atoms with van der Waals surface area (Å²) in [5.74, 6) is -0.843. The van der Waals surface area contributed by atoms with E-state index in [-0.39, 0.29) is 16.8 Å². The van der Waals surface area contributed by atoms with Gasteiger partial charge in [0.05, 0.1) is 5.56 Å². The van der Waals surface area contributed by atoms with Gasteiger partial charge in [0.1, 0.15) is 16.7 Å². The molecule has 106 valence electrons. The molecule has 0 aliphatic rings. The lowest BCUT2D eigenvalue weighted by molar-refractivity contribution is -0.137. The van der Waals surface area contributed by atoms with E-state index in [2.05, 4.69) is 4.98 Å². The molecule has 1 aromatic carbocycles. The lowest BCUT2D eigenvalue weighted by Crippen LogP contribution is -2.05. The molecule has 0 saturated heterocycles. The second-order valence-electron chi connectivity index (χ2n) is 4.03. The van der Waals surface area contributed by atoms with Crippen LogP contribution in [0.4, 0.5) is 17.6 Å². The molecule has 0 N–H and O–H groups in total. The minimum atomic E-state index is -4.57. The molecule has 0 fully saturated rings. The second-order valence-corrected chi connectivity index (χ2v) is 4.41. The fourth-order valence-electron chi connectivity index (χ4n) is 1.45. The molecule has 0 radical (unpaired) electrons. The van der Waals surface area contributed by atoms with Crippen molar-refractivity contribution >= 4 is 11.6 Å². The third-order valence-corrected chi connectivity index (χ3v) is 2.66. The number of rotatable bonds is 2. The van der Waals surface area contributed by atoms with E-state index in [1.165, 1.54) is 12.1 Å². The highest BCUT2D eigenvalue weighted by atomic mass is 35.5. The van der Waals surface area contributed by atoms with Gasteiger partial charge in [-0.3, -0.25) is 0 Å². The Bertz CT molecular complexity index is 643. The lowest BCUT2D eigenvalue weighted by atomic mass is 10.2. The average molecular weight is 306 g/mol. The average Bonchev–Trinajstić information content (AvgIpc) is 2.32. The Hall–Kier alpha value is -1.82. The van der Waals surface area contributed by atoms with Gasteiger partial charge < -0.3 is 4.74 Å². The quantitative estimate of drug-likeness (QED) is 0.576. The van der Waals surface area contributed by atoms with Crippen molar-refractivity contribution in [2.24, 2.45) is 0 Å². The van der Waals surface area contributed by atoms with E-state index in [9.17, 15) is 17.6 Å². The zero-order valence-electron chi connectivity index (χ0n) is 10.1. The molecule has 0 saturated carbocycles. The SMILES string of the molecule is Cc1ccc(Oc2cc(C(F)(F)F)cc(Cl)n2)cc1F. The summed E-state index contributed by atoms with van der Waals surface area (Å²) in [6.45, 7) is 1.55. The first-order valence-electron chi connectivity index (χ1n) is 5.44. The Morgan fingerprint density at radius 2 is 1.85 bits per heavy atom. The Kier molecular flexibility index (Phi) is 3.85. The van der Waals surface area contributed by atoms with Gasteiger partial charge in [-0.25, -0.2) is 9.37 Å². The topological polar surface area (TPSA) is 22.1 Å². The van der Waals surface area contributed by atoms with E-state index in [0.29, 0.717) is 17.7 Å². The fraction of sp³-hybridized carbons (Fsp3) is 0.154. The standard InChI is InChI=1S/C13H8ClF4NO/c1-7-2-3-9(6-10(7)15)20-12-5-8(13(16,17)18)4-11(14)19-12/h2-6H,1H3. The molecule has 2 rings (SSSR count). The van der Waals surface area contributed by atoms with Gasteiger partial charge in [0, 0.05) is 12.1 Å². The maximum absolute atomic E-state index is 13.3. The second kappa shape index (κ2) is 5.28. The van der Waals surface area contributed by atoms with Crippen molar-refractivity contribution in [3.8, 4) is 11.6 Å². The maximum atomic E-state index is 13.3. The number of aromatic nitrogens is 1. The summed E-state index contributed by atoms with van der Waals surface area (Å²) in [5, 5.41) is -0.359. The first kappa shape index (κ1) is 14.6. The molecule has 2 nitrogen and oxygen atoms in total. The van der Waals surface area contributed by atoms with E-state index in [4.69, 9.17) is 16.3 Å². The van der Waals surface area contributed by atoms with E-state index in [0.717, 1.165) is 6.07 Å². The number of aryl methyl sites for hydroxylation is 1. The van der Waals surface area contributed by atoms with Crippen LogP contribution in [0.3, 0.4) is 0 Å². The zero-order valence-corrected chi connectivity index (χ0v) is 10.9. The van der Waals surface area contributed by atoms with Crippen molar-refractivity contribution < 1.29 is 22.3 Å². The summed E-state index contributed by atoms with van der Waals surface area (Å²) < 4.78 is 56.2. The van der Waals surface area contributed by atoms with Gasteiger partial charge >= 0.3 is 6.18 Å². The Labute approximate surface area is 117 Å². The predicted molar refractivity (Wildman–Crippen MR) is 65.5 cm³/mol. The monoisotopic (exact) mass is 305 g/mol. The molecular formula is C13H8ClF4NO. The number of ether oxygens (including phenoxy) is 1. The molecule has 1 aromatic heterocycles. The fourth-order valence-corrected chi connectivity index (χ4v) is 1.65. The maximum Gasteiger partial charge on any atom is 0.416 e. The van der Waals surface area contributed by atoms with Crippen LogP contribution in [0.25, 0.3) is 0 Å². The van der Waals surface area contributed by atoms with Crippen molar-refractivity contribution in [3.63, 3.8) is 0 Å². The van der Waals surface area contributed by atoms with Gasteiger partial charge in [-0.1, -0.05) is 17.7 Å². The Morgan fingerprint density at radius 3 is 2.45 bits per heavy atom. The van der Waals surface area contributed by atoms with Gasteiger partial charge in [0.25, 0.3) is 0 Å². The zero-order chi connectivity index (χ0) is 14.9. The van der Waals surface area contributed by atoms with Crippen LogP contribution in [-0.2, 0) is 6.18 Å². The number of pyridine rings is 1. The van der Waals surface area contributed by atoms with Gasteiger partial charge in [0.15, 0.2) is 0 Å². The van der Waals surface area contributed by atoms with Gasteiger partial charge in [0.2, 0.25) is 5.88 Å². The van der Waals surface area contributed by atoms with Crippen LogP contribution < -0.4 is 4.74 Å². The molecular weight excluding hydrogens is 298 g/mol. The molecule has 0 unspecified atom stereocenters. The first-order valence-corrected chi connectivity index (χ1v) is 5.82. The molecule has 20 heavy (non-hydrogen) atoms. The number of hydrogen-bond donors (Lipinski definition) is 0. The van der Waals surface area contributed by atoms with Crippen LogP contribution in [0.1, 0.15) is 11.1 Å². The van der Waals surface area contributed by atoms with Crippen LogP contribution in [0, 0.1) is 12.7 Å². The molecule has 7 heteroatoms. The summed E-state index contributed by atoms with van der Waals surface area (Å²) in [6.07, 6.45) is -4.57. The third kappa shape index (κ3) is 3.39. The van der Waals surface area contributed by atoms with Crippen molar-refractivity contribution in [2.75, 3.05) is 0 Å². The lowest BCUT2D eigenvalue weighted by Gasteiger charge is -2.10. The summed E-state index contributed by atoms with van der Waals surface area (Å²) in [6, 6.07) is 5.31. The Morgan fingerprint density at radius 1 is 1.15 bits per heavy atom. The number of nitrogens with zero attached hydrogens (tertiary/aromatic N) is 1. The summed E-state index contributed by atoms with van der Waals surface area (Å²) in [4.78, 5) is 3.62. The van der Waals surface area contributed by atoms with Crippen molar-refractivity contribution in [1.29, 1.82) is 0 Å². The molecule has 0 bridgehead atoms. The third-order valence-electron chi connectivity index (χ3n) is 2.46. The van der Waals surface area contributed by atoms with E-state index < -0.39 is 17.6 Å². The molecule has 0 atom stereocenters. The molecule has 0 aliphatic heterocycles. The van der Waals surface area contributed by atoms with E-state index >= 15 is 0 Å². The van der Waals surface area contributed by atoms with Gasteiger partial charge in [-0.05, 0) is 24.6 Å². The van der Waals surface area contributed by atoms with Crippen molar-refractivity contribution in [2.45, 2.75) is 13.1 Å². The van der Waals surface area contributed by atoms with Crippen LogP contribution in [0.5, 0.6) is 11.6 Å². The van der Waals surface area contributed by atoms with Crippen molar-refractivity contribution in [1.82, 2.24) is 4.98 Å². The van der Waals surface area contributed by atoms with Crippen LogP contribution >= 0.6 is 11.6 Å². The minimum absolute atomic E-state index is 0.0380. The number of hydrogen-bond acceptors (Lipinski definition) is 2. The van der Waals surface area contributed by atoms with E-state index in [1.54, 1.807) is 6.92 Å². The summed E-state index contributed by atoms with van der Waals surface area (Å²) >= 11 is 5.51. The van der Waals surface area contributed by atoms with Crippen LogP contribution in [0.15, 0.2) is 30.3 Å². The minimum Gasteiger partial charge on any atom is -0.439 e.